The highest BCUT2D eigenvalue weighted by Gasteiger charge is 2.16. The lowest BCUT2D eigenvalue weighted by Crippen LogP contribution is -2.45. The van der Waals surface area contributed by atoms with E-state index in [-0.39, 0.29) is 0 Å². The molecule has 0 amide bonds. The summed E-state index contributed by atoms with van der Waals surface area (Å²) in [7, 11) is 5.54. The van der Waals surface area contributed by atoms with Gasteiger partial charge in [0.1, 0.15) is 0 Å². The lowest BCUT2D eigenvalue weighted by atomic mass is 10.3. The maximum atomic E-state index is 5.28. The normalized spacial score (nSPS) is 14.9. The Labute approximate surface area is 196 Å². The maximum Gasteiger partial charge on any atom is 0.232 e. The average molecular weight is 460 g/mol. The molecule has 0 atom stereocenters. The molecule has 2 N–H and O–H groups in total. The van der Waals surface area contributed by atoms with E-state index in [1.54, 1.807) is 20.4 Å². The highest BCUT2D eigenvalue weighted by molar-refractivity contribution is 5.44. The lowest BCUT2D eigenvalue weighted by Gasteiger charge is -2.32. The molecule has 0 aliphatic carbocycles. The third-order valence-electron chi connectivity index (χ3n) is 5.52. The minimum atomic E-state index is 0.519. The van der Waals surface area contributed by atoms with Crippen LogP contribution in [0, 0.1) is 0 Å². The lowest BCUT2D eigenvalue weighted by molar-refractivity contribution is 0.158. The Hall–Kier alpha value is -2.60. The van der Waals surface area contributed by atoms with Crippen LogP contribution in [0.5, 0.6) is 0 Å². The van der Waals surface area contributed by atoms with E-state index in [1.807, 2.05) is 18.3 Å². The zero-order chi connectivity index (χ0) is 23.3. The first-order chi connectivity index (χ1) is 16.2. The van der Waals surface area contributed by atoms with Crippen LogP contribution in [0.1, 0.15) is 5.56 Å². The molecule has 182 valence electrons. The minimum Gasteiger partial charge on any atom is -0.383 e. The summed E-state index contributed by atoms with van der Waals surface area (Å²) in [5.41, 5.74) is 1.06. The first-order valence-corrected chi connectivity index (χ1v) is 11.4. The molecule has 11 heteroatoms. The van der Waals surface area contributed by atoms with E-state index < -0.39 is 0 Å². The fourth-order valence-electron chi connectivity index (χ4n) is 3.46. The van der Waals surface area contributed by atoms with Crippen LogP contribution in [0.25, 0.3) is 0 Å². The van der Waals surface area contributed by atoms with Gasteiger partial charge in [-0.25, -0.2) is 0 Å². The molecule has 0 aromatic carbocycles. The Kier molecular flexibility index (Phi) is 10.5. The van der Waals surface area contributed by atoms with Crippen LogP contribution in [0.2, 0.25) is 0 Å². The summed E-state index contributed by atoms with van der Waals surface area (Å²) in [5.74, 6) is 1.67. The molecule has 2 aromatic rings. The molecule has 3 heterocycles. The van der Waals surface area contributed by atoms with Gasteiger partial charge in [-0.15, -0.1) is 0 Å². The van der Waals surface area contributed by atoms with Crippen molar-refractivity contribution in [2.45, 2.75) is 6.54 Å². The molecule has 0 saturated carbocycles. The summed E-state index contributed by atoms with van der Waals surface area (Å²) < 4.78 is 10.6. The Bertz CT molecular complexity index is 796. The number of aromatic nitrogens is 4. The third-order valence-corrected chi connectivity index (χ3v) is 5.52. The minimum absolute atomic E-state index is 0.519. The molecule has 0 spiro atoms. The summed E-state index contributed by atoms with van der Waals surface area (Å²) in [6.45, 7) is 9.13. The number of rotatable bonds is 14. The van der Waals surface area contributed by atoms with Gasteiger partial charge in [0, 0.05) is 85.5 Å². The molecule has 0 radical (unpaired) electrons. The summed E-state index contributed by atoms with van der Waals surface area (Å²) >= 11 is 0. The van der Waals surface area contributed by atoms with Crippen LogP contribution < -0.4 is 15.5 Å². The topological polar surface area (TPSA) is 104 Å². The van der Waals surface area contributed by atoms with Crippen molar-refractivity contribution in [3.63, 3.8) is 0 Å². The number of anilines is 3. The summed E-state index contributed by atoms with van der Waals surface area (Å²) in [5, 5.41) is 6.70. The molecule has 0 bridgehead atoms. The van der Waals surface area contributed by atoms with Gasteiger partial charge < -0.3 is 29.9 Å². The van der Waals surface area contributed by atoms with E-state index in [0.717, 1.165) is 44.8 Å². The quantitative estimate of drug-likeness (QED) is 0.416. The average Bonchev–Trinajstić information content (AvgIpc) is 2.85. The third kappa shape index (κ3) is 8.69. The first-order valence-electron chi connectivity index (χ1n) is 11.4. The molecule has 11 nitrogen and oxygen atoms in total. The summed E-state index contributed by atoms with van der Waals surface area (Å²) in [6, 6.07) is 3.93. The number of pyridine rings is 1. The second-order valence-electron chi connectivity index (χ2n) is 8.04. The van der Waals surface area contributed by atoms with E-state index in [4.69, 9.17) is 14.5 Å². The number of piperazine rings is 1. The molecular weight excluding hydrogens is 422 g/mol. The summed E-state index contributed by atoms with van der Waals surface area (Å²) in [6.07, 6.45) is 3.59. The van der Waals surface area contributed by atoms with Crippen LogP contribution in [-0.4, -0.2) is 117 Å². The van der Waals surface area contributed by atoms with Crippen LogP contribution >= 0.6 is 0 Å². The second kappa shape index (κ2) is 13.8. The van der Waals surface area contributed by atoms with Gasteiger partial charge in [0.05, 0.1) is 13.2 Å². The SMILES string of the molecule is COCCN(CCOC)c1nc(NCCN2CCN(C)CC2)nc(NCc2cccnc2)n1. The number of nitrogens with one attached hydrogen (secondary N) is 2. The largest absolute Gasteiger partial charge is 0.383 e. The van der Waals surface area contributed by atoms with E-state index >= 15 is 0 Å². The van der Waals surface area contributed by atoms with Crippen molar-refractivity contribution < 1.29 is 9.47 Å². The van der Waals surface area contributed by atoms with Crippen molar-refractivity contribution in [3.05, 3.63) is 30.1 Å². The van der Waals surface area contributed by atoms with Gasteiger partial charge in [0.2, 0.25) is 17.8 Å². The predicted molar refractivity (Wildman–Crippen MR) is 130 cm³/mol. The predicted octanol–water partition coefficient (Wildman–Crippen LogP) is 0.637. The van der Waals surface area contributed by atoms with Crippen LogP contribution in [-0.2, 0) is 16.0 Å². The molecule has 1 saturated heterocycles. The zero-order valence-electron chi connectivity index (χ0n) is 20.0. The number of ether oxygens (including phenoxy) is 2. The van der Waals surface area contributed by atoms with E-state index in [0.29, 0.717) is 50.7 Å². The van der Waals surface area contributed by atoms with Crippen molar-refractivity contribution in [3.8, 4) is 0 Å². The maximum absolute atomic E-state index is 5.28. The fourth-order valence-corrected chi connectivity index (χ4v) is 3.46. The Morgan fingerprint density at radius 3 is 2.30 bits per heavy atom. The summed E-state index contributed by atoms with van der Waals surface area (Å²) in [4.78, 5) is 25.0. The van der Waals surface area contributed by atoms with Crippen molar-refractivity contribution in [1.29, 1.82) is 0 Å². The highest BCUT2D eigenvalue weighted by atomic mass is 16.5. The van der Waals surface area contributed by atoms with Crippen molar-refractivity contribution >= 4 is 17.8 Å². The van der Waals surface area contributed by atoms with Gasteiger partial charge in [-0.2, -0.15) is 15.0 Å². The monoisotopic (exact) mass is 459 g/mol. The van der Waals surface area contributed by atoms with E-state index in [1.165, 1.54) is 0 Å². The smallest absolute Gasteiger partial charge is 0.232 e. The van der Waals surface area contributed by atoms with Gasteiger partial charge in [-0.05, 0) is 18.7 Å². The first kappa shape index (κ1) is 25.0. The van der Waals surface area contributed by atoms with Gasteiger partial charge in [0.15, 0.2) is 0 Å². The van der Waals surface area contributed by atoms with Crippen molar-refractivity contribution in [2.75, 3.05) is 102 Å². The Morgan fingerprint density at radius 2 is 1.67 bits per heavy atom. The number of methoxy groups -OCH3 is 2. The van der Waals surface area contributed by atoms with E-state index in [9.17, 15) is 0 Å². The van der Waals surface area contributed by atoms with Gasteiger partial charge >= 0.3 is 0 Å². The molecule has 0 unspecified atom stereocenters. The molecule has 3 rings (SSSR count). The van der Waals surface area contributed by atoms with Crippen LogP contribution in [0.4, 0.5) is 17.8 Å². The molecule has 1 aliphatic rings. The van der Waals surface area contributed by atoms with Gasteiger partial charge in [0.25, 0.3) is 0 Å². The zero-order valence-corrected chi connectivity index (χ0v) is 20.0. The van der Waals surface area contributed by atoms with Crippen molar-refractivity contribution in [1.82, 2.24) is 29.7 Å². The Balaban J connectivity index is 1.69. The highest BCUT2D eigenvalue weighted by Crippen LogP contribution is 2.15. The number of hydrogen-bond donors (Lipinski definition) is 2. The Morgan fingerprint density at radius 1 is 0.970 bits per heavy atom. The van der Waals surface area contributed by atoms with Crippen molar-refractivity contribution in [2.24, 2.45) is 0 Å². The number of nitrogens with zero attached hydrogens (tertiary/aromatic N) is 7. The van der Waals surface area contributed by atoms with Crippen LogP contribution in [0.15, 0.2) is 24.5 Å². The van der Waals surface area contributed by atoms with Crippen LogP contribution in [0.3, 0.4) is 0 Å². The molecule has 2 aromatic heterocycles. The molecular formula is C22H37N9O2. The standard InChI is InChI=1S/C22H37N9O2/c1-29-9-11-30(12-10-29)8-7-24-20-26-21(25-18-19-5-4-6-23-17-19)28-22(27-20)31(13-15-32-2)14-16-33-3/h4-6,17H,7-16,18H2,1-3H3,(H2,24,25,26,27,28). The van der Waals surface area contributed by atoms with Gasteiger partial charge in [-0.3, -0.25) is 9.88 Å². The number of likely N-dealkylation sites (N-methyl/N-ethyl adjacent to an activating group) is 1. The fraction of sp³-hybridized carbons (Fsp3) is 0.636. The number of hydrogen-bond acceptors (Lipinski definition) is 11. The molecule has 1 aliphatic heterocycles. The second-order valence-corrected chi connectivity index (χ2v) is 8.04. The molecule has 33 heavy (non-hydrogen) atoms. The van der Waals surface area contributed by atoms with Gasteiger partial charge in [-0.1, -0.05) is 6.07 Å². The van der Waals surface area contributed by atoms with E-state index in [2.05, 4.69) is 47.3 Å². The molecule has 1 fully saturated rings.